The second-order valence-corrected chi connectivity index (χ2v) is 26.2. The lowest BCUT2D eigenvalue weighted by molar-refractivity contribution is -0.145. The lowest BCUT2D eigenvalue weighted by Gasteiger charge is -2.36. The molecule has 0 heterocycles. The highest BCUT2D eigenvalue weighted by atomic mass is 79.9. The van der Waals surface area contributed by atoms with Crippen LogP contribution in [0.4, 0.5) is 0 Å². The summed E-state index contributed by atoms with van der Waals surface area (Å²) >= 11 is 3.32. The van der Waals surface area contributed by atoms with Crippen LogP contribution < -0.4 is 0 Å². The first-order chi connectivity index (χ1) is 11.5. The SMILES string of the molecule is C[SiH](C)O[Si](C)(CCCOC(=O)C(C)(C)Br)OC[Si](C)(C)O[Si](C)(C)C. The highest BCUT2D eigenvalue weighted by Gasteiger charge is 2.37. The van der Waals surface area contributed by atoms with Crippen molar-refractivity contribution in [3.63, 3.8) is 0 Å². The molecule has 5 nitrogen and oxygen atoms in total. The molecule has 1 atom stereocenters. The first kappa shape index (κ1) is 26.7. The van der Waals surface area contributed by atoms with E-state index in [4.69, 9.17) is 17.4 Å². The van der Waals surface area contributed by atoms with Gasteiger partial charge in [0.05, 0.1) is 12.8 Å². The second-order valence-electron chi connectivity index (χ2n) is 9.28. The highest BCUT2D eigenvalue weighted by molar-refractivity contribution is 9.10. The zero-order valence-corrected chi connectivity index (χ0v) is 24.1. The summed E-state index contributed by atoms with van der Waals surface area (Å²) in [6, 6.07) is 0.825. The number of hydrogen-bond donors (Lipinski definition) is 0. The number of hydrogen-bond acceptors (Lipinski definition) is 5. The van der Waals surface area contributed by atoms with E-state index in [0.29, 0.717) is 12.8 Å². The molecule has 0 aromatic carbocycles. The first-order valence-electron chi connectivity index (χ1n) is 9.34. The third-order valence-corrected chi connectivity index (χ3v) is 15.3. The van der Waals surface area contributed by atoms with Gasteiger partial charge in [-0.1, -0.05) is 15.9 Å². The predicted octanol–water partition coefficient (Wildman–Crippen LogP) is 4.78. The largest absolute Gasteiger partial charge is 0.465 e. The molecule has 10 heteroatoms. The molecule has 0 aromatic heterocycles. The van der Waals surface area contributed by atoms with E-state index < -0.39 is 38.6 Å². The van der Waals surface area contributed by atoms with Gasteiger partial charge in [0.25, 0.3) is 0 Å². The van der Waals surface area contributed by atoms with E-state index in [1.165, 1.54) is 0 Å². The fraction of sp³-hybridized carbons (Fsp3) is 0.938. The lowest BCUT2D eigenvalue weighted by Crippen LogP contribution is -2.51. The summed E-state index contributed by atoms with van der Waals surface area (Å²) in [4.78, 5) is 11.8. The molecule has 0 radical (unpaired) electrons. The normalized spacial score (nSPS) is 15.8. The quantitative estimate of drug-likeness (QED) is 0.166. The fourth-order valence-corrected chi connectivity index (χ4v) is 17.8. The zero-order chi connectivity index (χ0) is 20.8. The molecule has 26 heavy (non-hydrogen) atoms. The van der Waals surface area contributed by atoms with E-state index in [1.807, 2.05) is 0 Å². The molecule has 0 bridgehead atoms. The van der Waals surface area contributed by atoms with Gasteiger partial charge in [0.2, 0.25) is 0 Å². The molecule has 0 spiro atoms. The molecular formula is C16H39BrO5Si4. The molecule has 0 fully saturated rings. The number of halogens is 1. The molecule has 156 valence electrons. The third kappa shape index (κ3) is 13.0. The van der Waals surface area contributed by atoms with E-state index in [1.54, 1.807) is 13.8 Å². The van der Waals surface area contributed by atoms with Crippen molar-refractivity contribution in [2.24, 2.45) is 0 Å². The van der Waals surface area contributed by atoms with Crippen molar-refractivity contribution in [2.75, 3.05) is 12.8 Å². The van der Waals surface area contributed by atoms with Crippen LogP contribution in [0.2, 0.25) is 58.4 Å². The molecule has 1 unspecified atom stereocenters. The van der Waals surface area contributed by atoms with Crippen molar-refractivity contribution in [2.45, 2.75) is 83.0 Å². The van der Waals surface area contributed by atoms with Gasteiger partial charge in [0, 0.05) is 0 Å². The minimum atomic E-state index is -2.29. The standard InChI is InChI=1S/C16H39BrO5Si4/c1-16(2,17)15(18)19-12-11-13-26(10,21-23(3)4)20-14-25(8,9)22-24(5,6)7/h23H,11-14H2,1-10H3. The molecule has 0 saturated heterocycles. The molecule has 0 aliphatic carbocycles. The van der Waals surface area contributed by atoms with Crippen LogP contribution in [0.25, 0.3) is 0 Å². The van der Waals surface area contributed by atoms with Crippen LogP contribution in [0.15, 0.2) is 0 Å². The van der Waals surface area contributed by atoms with Gasteiger partial charge in [-0.05, 0) is 78.7 Å². The Morgan fingerprint density at radius 1 is 1.08 bits per heavy atom. The number of carbonyl (C=O) groups excluding carboxylic acids is 1. The van der Waals surface area contributed by atoms with Crippen LogP contribution >= 0.6 is 15.9 Å². The maximum Gasteiger partial charge on any atom is 0.324 e. The van der Waals surface area contributed by atoms with Gasteiger partial charge in [-0.15, -0.1) is 0 Å². The zero-order valence-electron chi connectivity index (χ0n) is 18.3. The first-order valence-corrected chi connectivity index (χ1v) is 22.0. The third-order valence-electron chi connectivity index (χ3n) is 3.29. The Kier molecular flexibility index (Phi) is 10.7. The summed E-state index contributed by atoms with van der Waals surface area (Å²) < 4.78 is 23.8. The van der Waals surface area contributed by atoms with Gasteiger partial charge >= 0.3 is 14.5 Å². The van der Waals surface area contributed by atoms with Crippen molar-refractivity contribution in [1.29, 1.82) is 0 Å². The Balaban J connectivity index is 4.67. The van der Waals surface area contributed by atoms with Crippen molar-refractivity contribution < 1.29 is 22.2 Å². The minimum Gasteiger partial charge on any atom is -0.465 e. The molecule has 0 amide bonds. The van der Waals surface area contributed by atoms with Gasteiger partial charge in [0.15, 0.2) is 25.7 Å². The summed E-state index contributed by atoms with van der Waals surface area (Å²) in [6.07, 6.45) is 1.42. The van der Waals surface area contributed by atoms with Crippen LogP contribution in [0.1, 0.15) is 20.3 Å². The van der Waals surface area contributed by atoms with Gasteiger partial charge < -0.3 is 17.4 Å². The average molecular weight is 504 g/mol. The Morgan fingerprint density at radius 2 is 1.62 bits per heavy atom. The average Bonchev–Trinajstić information content (AvgIpc) is 2.37. The lowest BCUT2D eigenvalue weighted by atomic mass is 10.2. The Hall–Kier alpha value is 0.698. The summed E-state index contributed by atoms with van der Waals surface area (Å²) in [5.41, 5.74) is 0. The van der Waals surface area contributed by atoms with Crippen LogP contribution in [0.5, 0.6) is 0 Å². The maximum absolute atomic E-state index is 11.8. The van der Waals surface area contributed by atoms with E-state index >= 15 is 0 Å². The molecular weight excluding hydrogens is 464 g/mol. The van der Waals surface area contributed by atoms with Crippen molar-refractivity contribution in [3.05, 3.63) is 0 Å². The summed E-state index contributed by atoms with van der Waals surface area (Å²) in [5.74, 6) is -0.238. The highest BCUT2D eigenvalue weighted by Crippen LogP contribution is 2.22. The number of ether oxygens (including phenoxy) is 1. The van der Waals surface area contributed by atoms with Crippen LogP contribution in [-0.2, 0) is 22.2 Å². The van der Waals surface area contributed by atoms with Crippen LogP contribution in [0, 0.1) is 0 Å². The Bertz CT molecular complexity index is 449. The van der Waals surface area contributed by atoms with Gasteiger partial charge in [-0.2, -0.15) is 0 Å². The molecule has 0 aliphatic rings. The van der Waals surface area contributed by atoms with Crippen LogP contribution in [0.3, 0.4) is 0 Å². The fourth-order valence-electron chi connectivity index (χ4n) is 2.58. The Labute approximate surface area is 173 Å². The molecule has 0 N–H and O–H groups in total. The van der Waals surface area contributed by atoms with Crippen molar-refractivity contribution >= 4 is 56.1 Å². The summed E-state index contributed by atoms with van der Waals surface area (Å²) in [7, 11) is -6.96. The van der Waals surface area contributed by atoms with Crippen molar-refractivity contribution in [1.82, 2.24) is 0 Å². The van der Waals surface area contributed by atoms with E-state index in [9.17, 15) is 4.79 Å². The van der Waals surface area contributed by atoms with Gasteiger partial charge in [-0.25, -0.2) is 0 Å². The van der Waals surface area contributed by atoms with Gasteiger partial charge in [-0.3, -0.25) is 4.79 Å². The smallest absolute Gasteiger partial charge is 0.324 e. The predicted molar refractivity (Wildman–Crippen MR) is 123 cm³/mol. The monoisotopic (exact) mass is 502 g/mol. The second kappa shape index (κ2) is 10.5. The Morgan fingerprint density at radius 3 is 2.04 bits per heavy atom. The van der Waals surface area contributed by atoms with Crippen LogP contribution in [-0.4, -0.2) is 57.4 Å². The topological polar surface area (TPSA) is 54.0 Å². The number of alkyl halides is 1. The minimum absolute atomic E-state index is 0.238. The number of esters is 1. The summed E-state index contributed by atoms with van der Waals surface area (Å²) in [5, 5.41) is 0. The van der Waals surface area contributed by atoms with Crippen molar-refractivity contribution in [3.8, 4) is 0 Å². The van der Waals surface area contributed by atoms with E-state index in [0.717, 1.165) is 12.5 Å². The van der Waals surface area contributed by atoms with Gasteiger partial charge in [0.1, 0.15) is 4.32 Å². The number of rotatable bonds is 12. The summed E-state index contributed by atoms with van der Waals surface area (Å²) in [6.45, 7) is 21.5. The number of carbonyl (C=O) groups is 1. The molecule has 0 rings (SSSR count). The maximum atomic E-state index is 11.8. The molecule has 0 saturated carbocycles. The molecule has 0 aliphatic heterocycles. The molecule has 0 aromatic rings. The van der Waals surface area contributed by atoms with E-state index in [2.05, 4.69) is 68.3 Å². The van der Waals surface area contributed by atoms with E-state index in [-0.39, 0.29) is 5.97 Å².